The first-order valence-electron chi connectivity index (χ1n) is 5.49. The third-order valence-electron chi connectivity index (χ3n) is 3.51. The fourth-order valence-corrected chi connectivity index (χ4v) is 2.00. The monoisotopic (exact) mass is 222 g/mol. The summed E-state index contributed by atoms with van der Waals surface area (Å²) in [6.45, 7) is 4.11. The lowest BCUT2D eigenvalue weighted by molar-refractivity contribution is -0.0511. The third kappa shape index (κ3) is 1.73. The van der Waals surface area contributed by atoms with Crippen LogP contribution in [0.3, 0.4) is 0 Å². The highest BCUT2D eigenvalue weighted by Crippen LogP contribution is 2.42. The first-order chi connectivity index (χ1) is 7.55. The van der Waals surface area contributed by atoms with Gasteiger partial charge in [0.25, 0.3) is 0 Å². The van der Waals surface area contributed by atoms with E-state index in [1.165, 1.54) is 0 Å². The molecule has 0 saturated heterocycles. The van der Waals surface area contributed by atoms with Crippen LogP contribution in [0.4, 0.5) is 5.69 Å². The molecule has 2 atom stereocenters. The van der Waals surface area contributed by atoms with Crippen molar-refractivity contribution >= 4 is 5.69 Å². The lowest BCUT2D eigenvalue weighted by atomic mass is 9.64. The highest BCUT2D eigenvalue weighted by molar-refractivity contribution is 5.53. The van der Waals surface area contributed by atoms with E-state index in [0.717, 1.165) is 12.1 Å². The lowest BCUT2D eigenvalue weighted by Gasteiger charge is -2.49. The molecule has 4 heteroatoms. The molecule has 1 aliphatic carbocycles. The summed E-state index contributed by atoms with van der Waals surface area (Å²) in [4.78, 5) is 4.13. The fraction of sp³-hybridized carbons (Fsp3) is 0.583. The number of hydrogen-bond donors (Lipinski definition) is 2. The van der Waals surface area contributed by atoms with Crippen molar-refractivity contribution in [2.24, 2.45) is 5.41 Å². The summed E-state index contributed by atoms with van der Waals surface area (Å²) < 4.78 is 5.17. The van der Waals surface area contributed by atoms with Crippen LogP contribution in [0.2, 0.25) is 0 Å². The van der Waals surface area contributed by atoms with Crippen molar-refractivity contribution in [2.45, 2.75) is 32.4 Å². The summed E-state index contributed by atoms with van der Waals surface area (Å²) >= 11 is 0. The minimum absolute atomic E-state index is 0.0964. The Balaban J connectivity index is 2.11. The quantitative estimate of drug-likeness (QED) is 0.816. The van der Waals surface area contributed by atoms with Gasteiger partial charge in [-0.25, -0.2) is 4.98 Å². The molecule has 2 N–H and O–H groups in total. The van der Waals surface area contributed by atoms with E-state index in [9.17, 15) is 5.11 Å². The molecular formula is C12H18N2O2. The number of nitrogens with zero attached hydrogens (tertiary/aromatic N) is 1. The average molecular weight is 222 g/mol. The zero-order valence-corrected chi connectivity index (χ0v) is 9.90. The maximum absolute atomic E-state index is 9.66. The van der Waals surface area contributed by atoms with Crippen molar-refractivity contribution in [3.05, 3.63) is 18.3 Å². The molecule has 2 unspecified atom stereocenters. The van der Waals surface area contributed by atoms with E-state index < -0.39 is 0 Å². The van der Waals surface area contributed by atoms with E-state index in [2.05, 4.69) is 24.1 Å². The predicted octanol–water partition coefficient (Wildman–Crippen LogP) is 1.66. The van der Waals surface area contributed by atoms with Crippen LogP contribution in [0.1, 0.15) is 20.3 Å². The second-order valence-corrected chi connectivity index (χ2v) is 4.83. The van der Waals surface area contributed by atoms with Crippen molar-refractivity contribution in [1.82, 2.24) is 4.98 Å². The van der Waals surface area contributed by atoms with Gasteiger partial charge in [-0.3, -0.25) is 0 Å². The number of methoxy groups -OCH3 is 1. The van der Waals surface area contributed by atoms with Crippen LogP contribution in [0.5, 0.6) is 5.88 Å². The Morgan fingerprint density at radius 2 is 2.31 bits per heavy atom. The Morgan fingerprint density at radius 3 is 2.88 bits per heavy atom. The molecule has 0 spiro atoms. The number of anilines is 1. The number of pyridine rings is 1. The molecule has 0 aromatic carbocycles. The minimum atomic E-state index is -0.229. The summed E-state index contributed by atoms with van der Waals surface area (Å²) in [6.07, 6.45) is 2.24. The summed E-state index contributed by atoms with van der Waals surface area (Å²) in [5.74, 6) is 0.597. The van der Waals surface area contributed by atoms with Gasteiger partial charge >= 0.3 is 0 Å². The Hall–Kier alpha value is -1.29. The molecule has 1 aromatic rings. The molecule has 16 heavy (non-hydrogen) atoms. The Morgan fingerprint density at radius 1 is 1.56 bits per heavy atom. The third-order valence-corrected chi connectivity index (χ3v) is 3.51. The van der Waals surface area contributed by atoms with Crippen LogP contribution in [0.25, 0.3) is 0 Å². The molecule has 1 fully saturated rings. The van der Waals surface area contributed by atoms with Gasteiger partial charge in [0.2, 0.25) is 5.88 Å². The molecule has 1 aliphatic rings. The van der Waals surface area contributed by atoms with Gasteiger partial charge in [-0.15, -0.1) is 0 Å². The molecule has 2 rings (SSSR count). The van der Waals surface area contributed by atoms with Crippen LogP contribution >= 0.6 is 0 Å². The molecule has 0 bridgehead atoms. The van der Waals surface area contributed by atoms with Crippen LogP contribution < -0.4 is 10.1 Å². The summed E-state index contributed by atoms with van der Waals surface area (Å²) in [5, 5.41) is 13.0. The predicted molar refractivity (Wildman–Crippen MR) is 62.6 cm³/mol. The Kier molecular flexibility index (Phi) is 2.76. The van der Waals surface area contributed by atoms with Gasteiger partial charge in [-0.2, -0.15) is 0 Å². The SMILES string of the molecule is COc1ncccc1NC1CC(O)C1(C)C. The van der Waals surface area contributed by atoms with Gasteiger partial charge in [0.1, 0.15) is 0 Å². The molecule has 88 valence electrons. The smallest absolute Gasteiger partial charge is 0.237 e. The molecule has 0 radical (unpaired) electrons. The fourth-order valence-electron chi connectivity index (χ4n) is 2.00. The standard InChI is InChI=1S/C12H18N2O2/c1-12(2)9(7-10(12)15)14-8-5-4-6-13-11(8)16-3/h4-6,9-10,14-15H,7H2,1-3H3. The average Bonchev–Trinajstić information content (AvgIpc) is 2.29. The first-order valence-corrected chi connectivity index (χ1v) is 5.49. The van der Waals surface area contributed by atoms with Crippen LogP contribution in [-0.4, -0.2) is 29.3 Å². The molecule has 1 saturated carbocycles. The van der Waals surface area contributed by atoms with E-state index in [0.29, 0.717) is 5.88 Å². The number of aromatic nitrogens is 1. The van der Waals surface area contributed by atoms with Crippen molar-refractivity contribution in [2.75, 3.05) is 12.4 Å². The topological polar surface area (TPSA) is 54.4 Å². The first kappa shape index (κ1) is 11.2. The van der Waals surface area contributed by atoms with Gasteiger partial charge in [0, 0.05) is 17.7 Å². The molecular weight excluding hydrogens is 204 g/mol. The van der Waals surface area contributed by atoms with Crippen LogP contribution in [0, 0.1) is 5.41 Å². The van der Waals surface area contributed by atoms with Crippen LogP contribution in [-0.2, 0) is 0 Å². The van der Waals surface area contributed by atoms with E-state index in [4.69, 9.17) is 4.74 Å². The molecule has 0 amide bonds. The van der Waals surface area contributed by atoms with Gasteiger partial charge in [0.15, 0.2) is 0 Å². The highest BCUT2D eigenvalue weighted by Gasteiger charge is 2.47. The summed E-state index contributed by atoms with van der Waals surface area (Å²) in [5.41, 5.74) is 0.788. The maximum atomic E-state index is 9.66. The van der Waals surface area contributed by atoms with Gasteiger partial charge < -0.3 is 15.2 Å². The van der Waals surface area contributed by atoms with Crippen molar-refractivity contribution < 1.29 is 9.84 Å². The highest BCUT2D eigenvalue weighted by atomic mass is 16.5. The molecule has 4 nitrogen and oxygen atoms in total. The van der Waals surface area contributed by atoms with Gasteiger partial charge in [-0.05, 0) is 18.6 Å². The molecule has 0 aliphatic heterocycles. The second kappa shape index (κ2) is 3.94. The number of nitrogens with one attached hydrogen (secondary N) is 1. The number of ether oxygens (including phenoxy) is 1. The number of aliphatic hydroxyl groups excluding tert-OH is 1. The minimum Gasteiger partial charge on any atom is -0.480 e. The number of aliphatic hydroxyl groups is 1. The number of rotatable bonds is 3. The Bertz CT molecular complexity index is 379. The van der Waals surface area contributed by atoms with E-state index >= 15 is 0 Å². The number of hydrogen-bond acceptors (Lipinski definition) is 4. The molecule has 1 aromatic heterocycles. The van der Waals surface area contributed by atoms with Gasteiger partial charge in [-0.1, -0.05) is 13.8 Å². The largest absolute Gasteiger partial charge is 0.480 e. The zero-order chi connectivity index (χ0) is 11.8. The Labute approximate surface area is 95.7 Å². The van der Waals surface area contributed by atoms with Crippen LogP contribution in [0.15, 0.2) is 18.3 Å². The van der Waals surface area contributed by atoms with Gasteiger partial charge in [0.05, 0.1) is 18.9 Å². The normalized spacial score (nSPS) is 27.0. The van der Waals surface area contributed by atoms with Crippen molar-refractivity contribution in [3.8, 4) is 5.88 Å². The zero-order valence-electron chi connectivity index (χ0n) is 9.90. The second-order valence-electron chi connectivity index (χ2n) is 4.83. The maximum Gasteiger partial charge on any atom is 0.237 e. The van der Waals surface area contributed by atoms with E-state index in [-0.39, 0.29) is 17.6 Å². The van der Waals surface area contributed by atoms with E-state index in [1.807, 2.05) is 12.1 Å². The van der Waals surface area contributed by atoms with Crippen molar-refractivity contribution in [1.29, 1.82) is 0 Å². The lowest BCUT2D eigenvalue weighted by Crippen LogP contribution is -2.56. The molecule has 1 heterocycles. The van der Waals surface area contributed by atoms with E-state index in [1.54, 1.807) is 13.3 Å². The van der Waals surface area contributed by atoms with Crippen molar-refractivity contribution in [3.63, 3.8) is 0 Å². The summed E-state index contributed by atoms with van der Waals surface area (Å²) in [6, 6.07) is 4.07. The summed E-state index contributed by atoms with van der Waals surface area (Å²) in [7, 11) is 1.61.